The number of pyridine rings is 1. The number of piperidine rings is 1. The maximum absolute atomic E-state index is 12.2. The van der Waals surface area contributed by atoms with E-state index in [1.54, 1.807) is 18.3 Å². The van der Waals surface area contributed by atoms with Crippen molar-refractivity contribution in [3.8, 4) is 0 Å². The summed E-state index contributed by atoms with van der Waals surface area (Å²) in [6.07, 6.45) is 4.58. The Bertz CT molecular complexity index is 669. The van der Waals surface area contributed by atoms with Crippen LogP contribution < -0.4 is 5.32 Å². The number of nitrogens with one attached hydrogen (secondary N) is 1. The fourth-order valence-corrected chi connectivity index (χ4v) is 3.18. The van der Waals surface area contributed by atoms with E-state index in [1.807, 2.05) is 6.07 Å². The van der Waals surface area contributed by atoms with Crippen molar-refractivity contribution in [2.45, 2.75) is 25.3 Å². The molecule has 3 rings (SSSR count). The molecule has 1 aliphatic rings. The van der Waals surface area contributed by atoms with Gasteiger partial charge in [0.2, 0.25) is 0 Å². The van der Waals surface area contributed by atoms with E-state index in [0.717, 1.165) is 38.9 Å². The first-order valence-corrected chi connectivity index (χ1v) is 8.77. The summed E-state index contributed by atoms with van der Waals surface area (Å²) in [6.45, 7) is 3.10. The van der Waals surface area contributed by atoms with Crippen LogP contribution in [0.4, 0.5) is 0 Å². The Hall–Kier alpha value is -1.91. The topological polar surface area (TPSA) is 45.2 Å². The van der Waals surface area contributed by atoms with E-state index in [-0.39, 0.29) is 11.9 Å². The van der Waals surface area contributed by atoms with Crippen LogP contribution in [0.3, 0.4) is 0 Å². The van der Waals surface area contributed by atoms with Gasteiger partial charge in [-0.2, -0.15) is 0 Å². The molecule has 0 bridgehead atoms. The lowest BCUT2D eigenvalue weighted by atomic mass is 10.0. The molecule has 0 spiro atoms. The molecule has 1 aromatic heterocycles. The lowest BCUT2D eigenvalue weighted by Crippen LogP contribution is -2.45. The smallest absolute Gasteiger partial charge is 0.270 e. The number of halogens is 1. The van der Waals surface area contributed by atoms with Crippen molar-refractivity contribution >= 4 is 17.5 Å². The molecule has 0 saturated carbocycles. The highest BCUT2D eigenvalue weighted by atomic mass is 35.5. The van der Waals surface area contributed by atoms with Gasteiger partial charge in [0.25, 0.3) is 5.91 Å². The minimum atomic E-state index is -0.139. The van der Waals surface area contributed by atoms with Crippen LogP contribution in [0.15, 0.2) is 48.7 Å². The monoisotopic (exact) mass is 343 g/mol. The zero-order chi connectivity index (χ0) is 16.8. The minimum Gasteiger partial charge on any atom is -0.348 e. The van der Waals surface area contributed by atoms with Gasteiger partial charge in [0, 0.05) is 36.9 Å². The minimum absolute atomic E-state index is 0.139. The molecule has 4 nitrogen and oxygen atoms in total. The Labute approximate surface area is 147 Å². The molecule has 2 heterocycles. The summed E-state index contributed by atoms with van der Waals surface area (Å²) in [7, 11) is 0. The molecule has 24 heavy (non-hydrogen) atoms. The molecule has 1 aliphatic heterocycles. The lowest BCUT2D eigenvalue weighted by molar-refractivity contribution is 0.0906. The van der Waals surface area contributed by atoms with Crippen LogP contribution >= 0.6 is 11.6 Å². The van der Waals surface area contributed by atoms with Crippen molar-refractivity contribution in [3.05, 3.63) is 64.9 Å². The van der Waals surface area contributed by atoms with E-state index >= 15 is 0 Å². The first-order chi connectivity index (χ1) is 11.7. The molecule has 0 radical (unpaired) electrons. The van der Waals surface area contributed by atoms with E-state index in [9.17, 15) is 4.79 Å². The number of nitrogens with zero attached hydrogens (tertiary/aromatic N) is 2. The maximum Gasteiger partial charge on any atom is 0.270 e. The summed E-state index contributed by atoms with van der Waals surface area (Å²) >= 11 is 5.91. The van der Waals surface area contributed by atoms with Gasteiger partial charge in [-0.3, -0.25) is 9.78 Å². The van der Waals surface area contributed by atoms with Gasteiger partial charge in [0.1, 0.15) is 5.69 Å². The van der Waals surface area contributed by atoms with E-state index < -0.39 is 0 Å². The highest BCUT2D eigenvalue weighted by Gasteiger charge is 2.21. The fourth-order valence-electron chi connectivity index (χ4n) is 3.02. The van der Waals surface area contributed by atoms with E-state index in [1.165, 1.54) is 5.56 Å². The first-order valence-electron chi connectivity index (χ1n) is 8.39. The van der Waals surface area contributed by atoms with Gasteiger partial charge < -0.3 is 10.2 Å². The zero-order valence-corrected chi connectivity index (χ0v) is 14.4. The third-order valence-electron chi connectivity index (χ3n) is 4.44. The summed E-state index contributed by atoms with van der Waals surface area (Å²) in [5, 5.41) is 3.60. The number of carbonyl (C=O) groups excluding carboxylic acids is 1. The summed E-state index contributed by atoms with van der Waals surface area (Å²) < 4.78 is 0. The average molecular weight is 344 g/mol. The molecule has 1 amide bonds. The number of aromatic nitrogens is 1. The Kier molecular flexibility index (Phi) is 5.83. The predicted octanol–water partition coefficient (Wildman–Crippen LogP) is 3.17. The molecule has 0 unspecified atom stereocenters. The van der Waals surface area contributed by atoms with Gasteiger partial charge in [-0.05, 0) is 37.0 Å². The highest BCUT2D eigenvalue weighted by Crippen LogP contribution is 2.13. The van der Waals surface area contributed by atoms with Gasteiger partial charge in [-0.15, -0.1) is 0 Å². The normalized spacial score (nSPS) is 16.0. The second-order valence-electron chi connectivity index (χ2n) is 6.18. The molecule has 1 saturated heterocycles. The number of carbonyl (C=O) groups is 1. The number of amides is 1. The second kappa shape index (κ2) is 8.27. The molecule has 0 aliphatic carbocycles. The third-order valence-corrected chi connectivity index (χ3v) is 4.67. The maximum atomic E-state index is 12.2. The molecule has 126 valence electrons. The Morgan fingerprint density at radius 1 is 1.21 bits per heavy atom. The van der Waals surface area contributed by atoms with Crippen LogP contribution in [0.2, 0.25) is 5.02 Å². The molecule has 1 N–H and O–H groups in total. The fraction of sp³-hybridized carbons (Fsp3) is 0.368. The predicted molar refractivity (Wildman–Crippen MR) is 96.3 cm³/mol. The number of hydrogen-bond acceptors (Lipinski definition) is 3. The van der Waals surface area contributed by atoms with Gasteiger partial charge in [0.05, 0.1) is 0 Å². The number of benzene rings is 1. The molecule has 5 heteroatoms. The van der Waals surface area contributed by atoms with Crippen molar-refractivity contribution in [2.75, 3.05) is 19.6 Å². The molecule has 0 atom stereocenters. The largest absolute Gasteiger partial charge is 0.348 e. The Morgan fingerprint density at radius 3 is 2.67 bits per heavy atom. The van der Waals surface area contributed by atoms with E-state index in [4.69, 9.17) is 11.6 Å². The molecule has 1 aromatic carbocycles. The van der Waals surface area contributed by atoms with Crippen molar-refractivity contribution in [3.63, 3.8) is 0 Å². The summed E-state index contributed by atoms with van der Waals surface area (Å²) in [5.41, 5.74) is 1.76. The Morgan fingerprint density at radius 2 is 1.96 bits per heavy atom. The van der Waals surface area contributed by atoms with E-state index in [2.05, 4.69) is 39.5 Å². The first kappa shape index (κ1) is 16.9. The van der Waals surface area contributed by atoms with E-state index in [0.29, 0.717) is 10.7 Å². The SMILES string of the molecule is O=C(NC1CCN(CCc2ccccc2)CC1)c1cc(Cl)ccn1. The quantitative estimate of drug-likeness (QED) is 0.907. The number of hydrogen-bond donors (Lipinski definition) is 1. The molecule has 1 fully saturated rings. The zero-order valence-electron chi connectivity index (χ0n) is 13.6. The van der Waals surface area contributed by atoms with Gasteiger partial charge in [0.15, 0.2) is 0 Å². The van der Waals surface area contributed by atoms with Crippen LogP contribution in [-0.4, -0.2) is 41.5 Å². The summed E-state index contributed by atoms with van der Waals surface area (Å²) in [6, 6.07) is 14.0. The average Bonchev–Trinajstić information content (AvgIpc) is 2.62. The van der Waals surface area contributed by atoms with Gasteiger partial charge in [-0.1, -0.05) is 41.9 Å². The van der Waals surface area contributed by atoms with Crippen LogP contribution in [0.25, 0.3) is 0 Å². The van der Waals surface area contributed by atoms with Crippen molar-refractivity contribution in [1.82, 2.24) is 15.2 Å². The second-order valence-corrected chi connectivity index (χ2v) is 6.62. The third kappa shape index (κ3) is 4.79. The summed E-state index contributed by atoms with van der Waals surface area (Å²) in [4.78, 5) is 18.8. The molecule has 2 aromatic rings. The Balaban J connectivity index is 1.43. The van der Waals surface area contributed by atoms with Crippen molar-refractivity contribution < 1.29 is 4.79 Å². The van der Waals surface area contributed by atoms with Crippen molar-refractivity contribution in [2.24, 2.45) is 0 Å². The van der Waals surface area contributed by atoms with Crippen LogP contribution in [0.5, 0.6) is 0 Å². The van der Waals surface area contributed by atoms with Gasteiger partial charge in [-0.25, -0.2) is 0 Å². The number of rotatable bonds is 5. The van der Waals surface area contributed by atoms with Crippen molar-refractivity contribution in [1.29, 1.82) is 0 Å². The highest BCUT2D eigenvalue weighted by molar-refractivity contribution is 6.30. The summed E-state index contributed by atoms with van der Waals surface area (Å²) in [5.74, 6) is -0.139. The van der Waals surface area contributed by atoms with Gasteiger partial charge >= 0.3 is 0 Å². The van der Waals surface area contributed by atoms with Crippen LogP contribution in [0.1, 0.15) is 28.9 Å². The van der Waals surface area contributed by atoms with Crippen LogP contribution in [-0.2, 0) is 6.42 Å². The lowest BCUT2D eigenvalue weighted by Gasteiger charge is -2.32. The van der Waals surface area contributed by atoms with Crippen LogP contribution in [0, 0.1) is 0 Å². The molecular weight excluding hydrogens is 322 g/mol. The standard InChI is InChI=1S/C19H22ClN3O/c20-16-6-10-21-18(14-16)19(24)22-17-8-12-23(13-9-17)11-7-15-4-2-1-3-5-15/h1-6,10,14,17H,7-9,11-13H2,(H,22,24). The molecular formula is C19H22ClN3O. The number of likely N-dealkylation sites (tertiary alicyclic amines) is 1.